The van der Waals surface area contributed by atoms with E-state index >= 15 is 0 Å². The number of carboxylic acids is 1. The molecule has 0 aliphatic carbocycles. The number of nitrogens with one attached hydrogen (secondary N) is 2. The van der Waals surface area contributed by atoms with Crippen molar-refractivity contribution in [3.8, 4) is 0 Å². The highest BCUT2D eigenvalue weighted by Crippen LogP contribution is 2.13. The molecule has 0 spiro atoms. The maximum Gasteiger partial charge on any atom is 0.329 e. The van der Waals surface area contributed by atoms with Gasteiger partial charge in [0.1, 0.15) is 6.61 Å². The van der Waals surface area contributed by atoms with E-state index in [4.69, 9.17) is 9.84 Å². The van der Waals surface area contributed by atoms with E-state index in [0.29, 0.717) is 0 Å². The average molecular weight is 266 g/mol. The second-order valence-electron chi connectivity index (χ2n) is 4.20. The smallest absolute Gasteiger partial charge is 0.329 e. The van der Waals surface area contributed by atoms with Gasteiger partial charge in [-0.15, -0.1) is 0 Å². The van der Waals surface area contributed by atoms with Gasteiger partial charge in [-0.2, -0.15) is 0 Å². The van der Waals surface area contributed by atoms with Gasteiger partial charge < -0.3 is 20.5 Å². The lowest BCUT2D eigenvalue weighted by Crippen LogP contribution is -2.32. The van der Waals surface area contributed by atoms with Crippen LogP contribution in [0, 0.1) is 13.8 Å². The molecule has 2 amide bonds. The number of aliphatic carboxylic acids is 1. The lowest BCUT2D eigenvalue weighted by Gasteiger charge is -2.09. The van der Waals surface area contributed by atoms with Gasteiger partial charge >= 0.3 is 12.0 Å². The number of hydrogen-bond donors (Lipinski definition) is 3. The monoisotopic (exact) mass is 266 g/mol. The second-order valence-corrected chi connectivity index (χ2v) is 4.20. The molecule has 0 unspecified atom stereocenters. The van der Waals surface area contributed by atoms with Crippen LogP contribution in [0.15, 0.2) is 18.2 Å². The normalized spacial score (nSPS) is 10.0. The predicted molar refractivity (Wildman–Crippen MR) is 71.4 cm³/mol. The minimum absolute atomic E-state index is 0.159. The molecule has 0 aromatic heterocycles. The number of urea groups is 1. The van der Waals surface area contributed by atoms with Crippen LogP contribution in [0.3, 0.4) is 0 Å². The Morgan fingerprint density at radius 3 is 2.42 bits per heavy atom. The average Bonchev–Trinajstić information content (AvgIpc) is 2.26. The Bertz CT molecular complexity index is 440. The molecular weight excluding hydrogens is 248 g/mol. The quantitative estimate of drug-likeness (QED) is 0.681. The maximum absolute atomic E-state index is 11.5. The maximum atomic E-state index is 11.5. The third kappa shape index (κ3) is 6.42. The van der Waals surface area contributed by atoms with E-state index in [1.807, 2.05) is 32.0 Å². The number of amides is 2. The molecule has 0 radical (unpaired) electrons. The van der Waals surface area contributed by atoms with Crippen molar-refractivity contribution >= 4 is 17.7 Å². The third-order valence-corrected chi connectivity index (χ3v) is 2.24. The largest absolute Gasteiger partial charge is 0.480 e. The first kappa shape index (κ1) is 15.0. The number of hydrogen-bond acceptors (Lipinski definition) is 3. The van der Waals surface area contributed by atoms with Crippen LogP contribution in [0.1, 0.15) is 11.1 Å². The number of carbonyl (C=O) groups excluding carboxylic acids is 1. The molecule has 6 heteroatoms. The van der Waals surface area contributed by atoms with Gasteiger partial charge in [0.05, 0.1) is 6.61 Å². The van der Waals surface area contributed by atoms with Crippen LogP contribution in [-0.4, -0.2) is 36.9 Å². The molecule has 0 atom stereocenters. The summed E-state index contributed by atoms with van der Waals surface area (Å²) < 4.78 is 4.79. The summed E-state index contributed by atoms with van der Waals surface area (Å²) in [7, 11) is 0. The van der Waals surface area contributed by atoms with Crippen LogP contribution < -0.4 is 10.6 Å². The van der Waals surface area contributed by atoms with Crippen molar-refractivity contribution in [2.24, 2.45) is 0 Å². The number of anilines is 1. The zero-order valence-corrected chi connectivity index (χ0v) is 11.0. The first-order valence-electron chi connectivity index (χ1n) is 5.90. The summed E-state index contributed by atoms with van der Waals surface area (Å²) in [6.07, 6.45) is 0. The SMILES string of the molecule is Cc1cc(C)cc(NC(=O)NCCOCC(=O)O)c1. The van der Waals surface area contributed by atoms with Crippen LogP contribution in [-0.2, 0) is 9.53 Å². The predicted octanol–water partition coefficient (Wildman–Crippen LogP) is 1.53. The minimum atomic E-state index is -1.03. The number of ether oxygens (including phenoxy) is 1. The van der Waals surface area contributed by atoms with Crippen LogP contribution in [0.25, 0.3) is 0 Å². The second kappa shape index (κ2) is 7.38. The molecule has 0 aliphatic heterocycles. The number of rotatable bonds is 6. The van der Waals surface area contributed by atoms with Crippen molar-refractivity contribution < 1.29 is 19.4 Å². The summed E-state index contributed by atoms with van der Waals surface area (Å²) in [5, 5.41) is 13.6. The molecule has 0 heterocycles. The zero-order valence-electron chi connectivity index (χ0n) is 11.0. The van der Waals surface area contributed by atoms with Gasteiger partial charge in [0.2, 0.25) is 0 Å². The fraction of sp³-hybridized carbons (Fsp3) is 0.385. The van der Waals surface area contributed by atoms with Crippen molar-refractivity contribution in [1.82, 2.24) is 5.32 Å². The highest BCUT2D eigenvalue weighted by atomic mass is 16.5. The summed E-state index contributed by atoms with van der Waals surface area (Å²) in [5.74, 6) is -1.03. The lowest BCUT2D eigenvalue weighted by molar-refractivity contribution is -0.142. The highest BCUT2D eigenvalue weighted by Gasteiger charge is 2.02. The number of benzene rings is 1. The molecule has 0 bridgehead atoms. The first-order chi connectivity index (χ1) is 8.97. The van der Waals surface area contributed by atoms with E-state index in [9.17, 15) is 9.59 Å². The molecule has 1 rings (SSSR count). The van der Waals surface area contributed by atoms with Crippen LogP contribution in [0.2, 0.25) is 0 Å². The fourth-order valence-electron chi connectivity index (χ4n) is 1.62. The van der Waals surface area contributed by atoms with E-state index in [2.05, 4.69) is 10.6 Å². The summed E-state index contributed by atoms with van der Waals surface area (Å²) in [6, 6.07) is 5.41. The first-order valence-corrected chi connectivity index (χ1v) is 5.90. The minimum Gasteiger partial charge on any atom is -0.480 e. The van der Waals surface area contributed by atoms with Gasteiger partial charge in [-0.05, 0) is 37.1 Å². The lowest BCUT2D eigenvalue weighted by atomic mass is 10.1. The molecule has 0 fully saturated rings. The number of carbonyl (C=O) groups is 2. The van der Waals surface area contributed by atoms with Crippen LogP contribution in [0.4, 0.5) is 10.5 Å². The van der Waals surface area contributed by atoms with Crippen molar-refractivity contribution in [1.29, 1.82) is 0 Å². The van der Waals surface area contributed by atoms with Gasteiger partial charge in [-0.25, -0.2) is 9.59 Å². The van der Waals surface area contributed by atoms with E-state index in [1.165, 1.54) is 0 Å². The van der Waals surface area contributed by atoms with Gasteiger partial charge in [0, 0.05) is 12.2 Å². The van der Waals surface area contributed by atoms with E-state index in [-0.39, 0.29) is 25.8 Å². The van der Waals surface area contributed by atoms with Crippen molar-refractivity contribution in [2.45, 2.75) is 13.8 Å². The Balaban J connectivity index is 2.29. The fourth-order valence-corrected chi connectivity index (χ4v) is 1.62. The molecule has 0 saturated heterocycles. The molecule has 19 heavy (non-hydrogen) atoms. The van der Waals surface area contributed by atoms with Crippen molar-refractivity contribution in [3.05, 3.63) is 29.3 Å². The molecule has 3 N–H and O–H groups in total. The topological polar surface area (TPSA) is 87.7 Å². The van der Waals surface area contributed by atoms with Crippen molar-refractivity contribution in [3.63, 3.8) is 0 Å². The van der Waals surface area contributed by atoms with Gasteiger partial charge in [0.25, 0.3) is 0 Å². The summed E-state index contributed by atoms with van der Waals surface area (Å²) >= 11 is 0. The molecule has 6 nitrogen and oxygen atoms in total. The van der Waals surface area contributed by atoms with Crippen LogP contribution >= 0.6 is 0 Å². The molecule has 0 aliphatic rings. The Kier molecular flexibility index (Phi) is 5.81. The Morgan fingerprint density at radius 1 is 1.21 bits per heavy atom. The highest BCUT2D eigenvalue weighted by molar-refractivity contribution is 5.89. The number of aryl methyl sites for hydroxylation is 2. The molecular formula is C13H18N2O4. The Morgan fingerprint density at radius 2 is 1.84 bits per heavy atom. The standard InChI is InChI=1S/C13H18N2O4/c1-9-5-10(2)7-11(6-9)15-13(18)14-3-4-19-8-12(16)17/h5-7H,3-4,8H2,1-2H3,(H,16,17)(H2,14,15,18). The van der Waals surface area contributed by atoms with E-state index in [1.54, 1.807) is 0 Å². The third-order valence-electron chi connectivity index (χ3n) is 2.24. The van der Waals surface area contributed by atoms with E-state index in [0.717, 1.165) is 16.8 Å². The molecule has 0 saturated carbocycles. The molecule has 1 aromatic rings. The molecule has 1 aromatic carbocycles. The van der Waals surface area contributed by atoms with Gasteiger partial charge in [-0.3, -0.25) is 0 Å². The number of carboxylic acid groups (broad SMARTS) is 1. The summed E-state index contributed by atoms with van der Waals surface area (Å²) in [4.78, 5) is 21.7. The van der Waals surface area contributed by atoms with Crippen LogP contribution in [0.5, 0.6) is 0 Å². The Hall–Kier alpha value is -2.08. The zero-order chi connectivity index (χ0) is 14.3. The Labute approximate surface area is 111 Å². The van der Waals surface area contributed by atoms with E-state index < -0.39 is 5.97 Å². The summed E-state index contributed by atoms with van der Waals surface area (Å²) in [5.41, 5.74) is 2.86. The van der Waals surface area contributed by atoms with Gasteiger partial charge in [0.15, 0.2) is 0 Å². The van der Waals surface area contributed by atoms with Crippen molar-refractivity contribution in [2.75, 3.05) is 25.1 Å². The van der Waals surface area contributed by atoms with Gasteiger partial charge in [-0.1, -0.05) is 6.07 Å². The summed E-state index contributed by atoms with van der Waals surface area (Å²) in [6.45, 7) is 3.96. The molecule has 104 valence electrons.